The Morgan fingerprint density at radius 3 is 2.61 bits per heavy atom. The van der Waals surface area contributed by atoms with Crippen molar-refractivity contribution in [3.63, 3.8) is 0 Å². The van der Waals surface area contributed by atoms with Crippen LogP contribution in [0.1, 0.15) is 38.8 Å². The van der Waals surface area contributed by atoms with Crippen LogP contribution in [0.15, 0.2) is 22.7 Å². The molecule has 1 aromatic rings. The molecule has 1 aliphatic heterocycles. The van der Waals surface area contributed by atoms with Crippen LogP contribution in [0.5, 0.6) is 0 Å². The lowest BCUT2D eigenvalue weighted by molar-refractivity contribution is 0.418. The third-order valence-electron chi connectivity index (χ3n) is 3.92. The average molecular weight is 311 g/mol. The lowest BCUT2D eigenvalue weighted by Gasteiger charge is -2.23. The van der Waals surface area contributed by atoms with Gasteiger partial charge in [0.2, 0.25) is 0 Å². The maximum Gasteiger partial charge on any atom is 0.0511 e. The Hall–Kier alpha value is -0.540. The molecular weight excluding hydrogens is 288 g/mol. The first-order chi connectivity index (χ1) is 8.43. The van der Waals surface area contributed by atoms with Gasteiger partial charge in [0.1, 0.15) is 0 Å². The van der Waals surface area contributed by atoms with Gasteiger partial charge in [-0.3, -0.25) is 0 Å². The molecule has 1 heterocycles. The van der Waals surface area contributed by atoms with Crippen LogP contribution in [0.4, 0.5) is 5.69 Å². The first-order valence-electron chi connectivity index (χ1n) is 6.64. The van der Waals surface area contributed by atoms with E-state index in [4.69, 9.17) is 0 Å². The minimum absolute atomic E-state index is 0.394. The van der Waals surface area contributed by atoms with Crippen molar-refractivity contribution < 1.29 is 0 Å². The number of hydrogen-bond donors (Lipinski definition) is 1. The molecule has 1 fully saturated rings. The summed E-state index contributed by atoms with van der Waals surface area (Å²) < 4.78 is 1.21. The van der Waals surface area contributed by atoms with E-state index < -0.39 is 0 Å². The standard InChI is InChI=1S/C15H23BrN2/c1-11(17-4)12-5-6-14(13(16)9-12)18-8-7-15(2,3)10-18/h5-6,9,11,17H,7-8,10H2,1-4H3. The molecular formula is C15H23BrN2. The topological polar surface area (TPSA) is 15.3 Å². The van der Waals surface area contributed by atoms with Gasteiger partial charge in [0.05, 0.1) is 5.69 Å². The van der Waals surface area contributed by atoms with Gasteiger partial charge >= 0.3 is 0 Å². The summed E-state index contributed by atoms with van der Waals surface area (Å²) in [5, 5.41) is 3.28. The summed E-state index contributed by atoms with van der Waals surface area (Å²) in [6.07, 6.45) is 1.27. The first-order valence-corrected chi connectivity index (χ1v) is 7.44. The third kappa shape index (κ3) is 2.89. The quantitative estimate of drug-likeness (QED) is 0.909. The Bertz CT molecular complexity index is 429. The molecule has 0 spiro atoms. The fourth-order valence-corrected chi connectivity index (χ4v) is 3.18. The van der Waals surface area contributed by atoms with E-state index in [1.807, 2.05) is 7.05 Å². The van der Waals surface area contributed by atoms with E-state index in [-0.39, 0.29) is 0 Å². The molecule has 1 aromatic carbocycles. The number of nitrogens with zero attached hydrogens (tertiary/aromatic N) is 1. The van der Waals surface area contributed by atoms with E-state index >= 15 is 0 Å². The number of benzene rings is 1. The molecule has 0 bridgehead atoms. The molecule has 0 amide bonds. The van der Waals surface area contributed by atoms with Gasteiger partial charge in [0.25, 0.3) is 0 Å². The van der Waals surface area contributed by atoms with Gasteiger partial charge in [-0.15, -0.1) is 0 Å². The second-order valence-electron chi connectivity index (χ2n) is 6.06. The average Bonchev–Trinajstić information content (AvgIpc) is 2.68. The van der Waals surface area contributed by atoms with Gasteiger partial charge in [-0.05, 0) is 59.4 Å². The second-order valence-corrected chi connectivity index (χ2v) is 6.91. The zero-order chi connectivity index (χ0) is 13.3. The summed E-state index contributed by atoms with van der Waals surface area (Å²) in [4.78, 5) is 2.48. The fourth-order valence-electron chi connectivity index (χ4n) is 2.53. The summed E-state index contributed by atoms with van der Waals surface area (Å²) >= 11 is 3.72. The smallest absolute Gasteiger partial charge is 0.0511 e. The van der Waals surface area contributed by atoms with Crippen molar-refractivity contribution in [3.8, 4) is 0 Å². The summed E-state index contributed by atoms with van der Waals surface area (Å²) in [5.74, 6) is 0. The molecule has 0 radical (unpaired) electrons. The van der Waals surface area contributed by atoms with Crippen LogP contribution in [0.25, 0.3) is 0 Å². The second kappa shape index (κ2) is 5.22. The molecule has 2 nitrogen and oxygen atoms in total. The van der Waals surface area contributed by atoms with Crippen LogP contribution in [-0.4, -0.2) is 20.1 Å². The highest BCUT2D eigenvalue weighted by Crippen LogP contribution is 2.36. The van der Waals surface area contributed by atoms with Gasteiger partial charge < -0.3 is 10.2 Å². The minimum atomic E-state index is 0.394. The summed E-state index contributed by atoms with van der Waals surface area (Å²) in [7, 11) is 2.00. The Labute approximate surface area is 119 Å². The Balaban J connectivity index is 2.20. The number of nitrogens with one attached hydrogen (secondary N) is 1. The van der Waals surface area contributed by atoms with Crippen molar-refractivity contribution in [2.45, 2.75) is 33.2 Å². The van der Waals surface area contributed by atoms with Crippen LogP contribution in [0, 0.1) is 5.41 Å². The van der Waals surface area contributed by atoms with Crippen molar-refractivity contribution in [2.24, 2.45) is 5.41 Å². The van der Waals surface area contributed by atoms with Crippen LogP contribution in [0.2, 0.25) is 0 Å². The molecule has 0 aliphatic carbocycles. The fraction of sp³-hybridized carbons (Fsp3) is 0.600. The highest BCUT2D eigenvalue weighted by atomic mass is 79.9. The zero-order valence-electron chi connectivity index (χ0n) is 11.8. The van der Waals surface area contributed by atoms with Gasteiger partial charge in [0.15, 0.2) is 0 Å². The zero-order valence-corrected chi connectivity index (χ0v) is 13.3. The molecule has 0 saturated carbocycles. The maximum atomic E-state index is 3.72. The van der Waals surface area contributed by atoms with Crippen molar-refractivity contribution in [1.29, 1.82) is 0 Å². The third-order valence-corrected chi connectivity index (χ3v) is 4.56. The largest absolute Gasteiger partial charge is 0.370 e. The molecule has 1 N–H and O–H groups in total. The number of anilines is 1. The Kier molecular flexibility index (Phi) is 4.02. The van der Waals surface area contributed by atoms with E-state index in [1.165, 1.54) is 22.1 Å². The van der Waals surface area contributed by atoms with Crippen molar-refractivity contribution in [3.05, 3.63) is 28.2 Å². The lowest BCUT2D eigenvalue weighted by atomic mass is 9.93. The predicted octanol–water partition coefficient (Wildman–Crippen LogP) is 3.97. The summed E-state index contributed by atoms with van der Waals surface area (Å²) in [6, 6.07) is 7.11. The van der Waals surface area contributed by atoms with Crippen molar-refractivity contribution in [2.75, 3.05) is 25.0 Å². The molecule has 1 saturated heterocycles. The van der Waals surface area contributed by atoms with Crippen molar-refractivity contribution in [1.82, 2.24) is 5.32 Å². The normalized spacial score (nSPS) is 20.2. The number of hydrogen-bond acceptors (Lipinski definition) is 2. The molecule has 100 valence electrons. The Morgan fingerprint density at radius 1 is 1.39 bits per heavy atom. The number of rotatable bonds is 3. The van der Waals surface area contributed by atoms with E-state index in [0.717, 1.165) is 13.1 Å². The molecule has 2 rings (SSSR count). The van der Waals surface area contributed by atoms with Gasteiger partial charge in [-0.2, -0.15) is 0 Å². The first kappa shape index (κ1) is 13.9. The predicted molar refractivity (Wildman–Crippen MR) is 82.2 cm³/mol. The van der Waals surface area contributed by atoms with Gasteiger partial charge in [-0.25, -0.2) is 0 Å². The van der Waals surface area contributed by atoms with Gasteiger partial charge in [-0.1, -0.05) is 19.9 Å². The van der Waals surface area contributed by atoms with Gasteiger partial charge in [0, 0.05) is 23.6 Å². The van der Waals surface area contributed by atoms with Crippen LogP contribution >= 0.6 is 15.9 Å². The SMILES string of the molecule is CNC(C)c1ccc(N2CCC(C)(C)C2)c(Br)c1. The van der Waals surface area contributed by atoms with E-state index in [2.05, 4.69) is 65.1 Å². The molecule has 3 heteroatoms. The van der Waals surface area contributed by atoms with Crippen molar-refractivity contribution >= 4 is 21.6 Å². The number of halogens is 1. The molecule has 0 aromatic heterocycles. The molecule has 1 atom stereocenters. The van der Waals surface area contributed by atoms with Crippen LogP contribution in [-0.2, 0) is 0 Å². The molecule has 1 unspecified atom stereocenters. The highest BCUT2D eigenvalue weighted by molar-refractivity contribution is 9.10. The summed E-state index contributed by atoms with van der Waals surface area (Å²) in [5.41, 5.74) is 3.09. The van der Waals surface area contributed by atoms with E-state index in [1.54, 1.807) is 0 Å². The summed E-state index contributed by atoms with van der Waals surface area (Å²) in [6.45, 7) is 9.18. The minimum Gasteiger partial charge on any atom is -0.370 e. The lowest BCUT2D eigenvalue weighted by Crippen LogP contribution is -2.23. The van der Waals surface area contributed by atoms with E-state index in [0.29, 0.717) is 11.5 Å². The van der Waals surface area contributed by atoms with E-state index in [9.17, 15) is 0 Å². The monoisotopic (exact) mass is 310 g/mol. The Morgan fingerprint density at radius 2 is 2.11 bits per heavy atom. The van der Waals surface area contributed by atoms with Crippen LogP contribution in [0.3, 0.4) is 0 Å². The van der Waals surface area contributed by atoms with Crippen LogP contribution < -0.4 is 10.2 Å². The molecule has 18 heavy (non-hydrogen) atoms. The molecule has 1 aliphatic rings. The maximum absolute atomic E-state index is 3.72. The highest BCUT2D eigenvalue weighted by Gasteiger charge is 2.30.